The molecule has 0 saturated heterocycles. The molecule has 18 heavy (non-hydrogen) atoms. The zero-order valence-electron chi connectivity index (χ0n) is 9.59. The predicted octanol–water partition coefficient (Wildman–Crippen LogP) is 2.39. The summed E-state index contributed by atoms with van der Waals surface area (Å²) in [6.07, 6.45) is 4.16. The predicted molar refractivity (Wildman–Crippen MR) is 72.2 cm³/mol. The molecular formula is C12H11ClN2O2S. The van der Waals surface area contributed by atoms with Crippen LogP contribution in [0.3, 0.4) is 0 Å². The Balaban J connectivity index is 2.62. The fraction of sp³-hybridized carbons (Fsp3) is 0.0833. The number of nitrogens with zero attached hydrogens (tertiary/aromatic N) is 1. The lowest BCUT2D eigenvalue weighted by atomic mass is 10.1. The van der Waals surface area contributed by atoms with E-state index in [1.165, 1.54) is 12.3 Å². The maximum absolute atomic E-state index is 11.5. The van der Waals surface area contributed by atoms with Gasteiger partial charge in [-0.3, -0.25) is 4.98 Å². The van der Waals surface area contributed by atoms with Crippen LogP contribution >= 0.6 is 11.6 Å². The lowest BCUT2D eigenvalue weighted by molar-refractivity contribution is 0.602. The molecule has 0 radical (unpaired) electrons. The highest BCUT2D eigenvalue weighted by atomic mass is 35.5. The zero-order chi connectivity index (χ0) is 13.3. The number of hydrogen-bond acceptors (Lipinski definition) is 4. The Morgan fingerprint density at radius 2 is 2.00 bits per heavy atom. The van der Waals surface area contributed by atoms with Crippen molar-refractivity contribution in [2.24, 2.45) is 0 Å². The van der Waals surface area contributed by atoms with Crippen LogP contribution in [0.1, 0.15) is 0 Å². The molecule has 2 N–H and O–H groups in total. The van der Waals surface area contributed by atoms with Crippen molar-refractivity contribution < 1.29 is 8.42 Å². The molecule has 0 atom stereocenters. The maximum atomic E-state index is 11.5. The summed E-state index contributed by atoms with van der Waals surface area (Å²) in [5, 5.41) is 0.345. The maximum Gasteiger partial charge on any atom is 0.175 e. The van der Waals surface area contributed by atoms with Crippen LogP contribution in [0, 0.1) is 0 Å². The molecular weight excluding hydrogens is 272 g/mol. The number of halogens is 1. The highest BCUT2D eigenvalue weighted by molar-refractivity contribution is 7.90. The fourth-order valence-corrected chi connectivity index (χ4v) is 2.39. The van der Waals surface area contributed by atoms with Crippen LogP contribution in [-0.4, -0.2) is 19.7 Å². The van der Waals surface area contributed by atoms with Gasteiger partial charge in [-0.15, -0.1) is 0 Å². The van der Waals surface area contributed by atoms with Gasteiger partial charge in [0.1, 0.15) is 0 Å². The van der Waals surface area contributed by atoms with Crippen molar-refractivity contribution in [3.63, 3.8) is 0 Å². The highest BCUT2D eigenvalue weighted by Crippen LogP contribution is 2.31. The lowest BCUT2D eigenvalue weighted by Crippen LogP contribution is -1.98. The zero-order valence-corrected chi connectivity index (χ0v) is 11.2. The topological polar surface area (TPSA) is 73.0 Å². The molecule has 0 aliphatic heterocycles. The van der Waals surface area contributed by atoms with E-state index in [2.05, 4.69) is 4.98 Å². The molecule has 0 fully saturated rings. The largest absolute Gasteiger partial charge is 0.397 e. The van der Waals surface area contributed by atoms with Gasteiger partial charge in [0, 0.05) is 24.2 Å². The molecule has 94 valence electrons. The minimum absolute atomic E-state index is 0.236. The van der Waals surface area contributed by atoms with Crippen LogP contribution in [0.4, 0.5) is 5.69 Å². The number of benzene rings is 1. The van der Waals surface area contributed by atoms with Crippen LogP contribution in [0.25, 0.3) is 11.1 Å². The Bertz CT molecular complexity index is 699. The van der Waals surface area contributed by atoms with Crippen LogP contribution in [0.15, 0.2) is 41.6 Å². The molecule has 6 heteroatoms. The molecule has 0 aliphatic rings. The lowest BCUT2D eigenvalue weighted by Gasteiger charge is -2.08. The van der Waals surface area contributed by atoms with Crippen LogP contribution in [0.5, 0.6) is 0 Å². The van der Waals surface area contributed by atoms with E-state index in [0.29, 0.717) is 21.8 Å². The second-order valence-electron chi connectivity index (χ2n) is 3.88. The Morgan fingerprint density at radius 1 is 1.28 bits per heavy atom. The van der Waals surface area contributed by atoms with Gasteiger partial charge in [0.15, 0.2) is 9.84 Å². The van der Waals surface area contributed by atoms with Crippen molar-refractivity contribution in [3.05, 3.63) is 41.7 Å². The van der Waals surface area contributed by atoms with Gasteiger partial charge in [-0.2, -0.15) is 0 Å². The van der Waals surface area contributed by atoms with Crippen molar-refractivity contribution in [2.75, 3.05) is 12.0 Å². The van der Waals surface area contributed by atoms with Gasteiger partial charge in [0.25, 0.3) is 0 Å². The number of anilines is 1. The molecule has 0 spiro atoms. The monoisotopic (exact) mass is 282 g/mol. The van der Waals surface area contributed by atoms with E-state index >= 15 is 0 Å². The third-order valence-electron chi connectivity index (χ3n) is 2.51. The summed E-state index contributed by atoms with van der Waals surface area (Å²) >= 11 is 5.89. The van der Waals surface area contributed by atoms with Crippen molar-refractivity contribution in [2.45, 2.75) is 4.90 Å². The summed E-state index contributed by atoms with van der Waals surface area (Å²) in [7, 11) is -3.25. The number of sulfone groups is 1. The van der Waals surface area contributed by atoms with E-state index in [0.717, 1.165) is 6.26 Å². The molecule has 0 aliphatic carbocycles. The first-order chi connectivity index (χ1) is 8.39. The number of nitrogens with two attached hydrogens (primary N) is 1. The van der Waals surface area contributed by atoms with Gasteiger partial charge >= 0.3 is 0 Å². The van der Waals surface area contributed by atoms with Gasteiger partial charge in [0.05, 0.1) is 15.6 Å². The Labute approximate surface area is 110 Å². The molecule has 0 unspecified atom stereocenters. The van der Waals surface area contributed by atoms with E-state index in [-0.39, 0.29) is 4.90 Å². The van der Waals surface area contributed by atoms with Gasteiger partial charge in [-0.1, -0.05) is 23.7 Å². The minimum Gasteiger partial charge on any atom is -0.397 e. The number of nitrogen functional groups attached to an aromatic ring is 1. The summed E-state index contributed by atoms with van der Waals surface area (Å²) in [5.41, 5.74) is 7.53. The number of aromatic nitrogens is 1. The first-order valence-corrected chi connectivity index (χ1v) is 7.36. The fourth-order valence-electron chi connectivity index (χ4n) is 1.57. The first kappa shape index (κ1) is 12.9. The smallest absolute Gasteiger partial charge is 0.175 e. The Hall–Kier alpha value is -1.59. The molecule has 1 heterocycles. The summed E-state index contributed by atoms with van der Waals surface area (Å²) in [6.45, 7) is 0. The number of rotatable bonds is 2. The highest BCUT2D eigenvalue weighted by Gasteiger charge is 2.11. The van der Waals surface area contributed by atoms with Crippen molar-refractivity contribution in [3.8, 4) is 11.1 Å². The second-order valence-corrected chi connectivity index (χ2v) is 6.31. The molecule has 4 nitrogen and oxygen atoms in total. The first-order valence-electron chi connectivity index (χ1n) is 5.09. The van der Waals surface area contributed by atoms with E-state index in [1.54, 1.807) is 24.4 Å². The van der Waals surface area contributed by atoms with Crippen LogP contribution in [-0.2, 0) is 9.84 Å². The molecule has 0 saturated carbocycles. The van der Waals surface area contributed by atoms with Gasteiger partial charge in [-0.25, -0.2) is 8.42 Å². The number of hydrogen-bond donors (Lipinski definition) is 1. The van der Waals surface area contributed by atoms with Crippen LogP contribution < -0.4 is 5.73 Å². The number of pyridine rings is 1. The minimum atomic E-state index is -3.25. The van der Waals surface area contributed by atoms with Gasteiger partial charge in [0.2, 0.25) is 0 Å². The van der Waals surface area contributed by atoms with Crippen molar-refractivity contribution in [1.82, 2.24) is 4.98 Å². The molecule has 0 amide bonds. The van der Waals surface area contributed by atoms with E-state index < -0.39 is 9.84 Å². The van der Waals surface area contributed by atoms with Gasteiger partial charge in [-0.05, 0) is 17.7 Å². The average molecular weight is 283 g/mol. The molecule has 1 aromatic carbocycles. The molecule has 2 aromatic rings. The third-order valence-corrected chi connectivity index (χ3v) is 3.92. The van der Waals surface area contributed by atoms with E-state index in [9.17, 15) is 8.42 Å². The quantitative estimate of drug-likeness (QED) is 0.918. The summed E-state index contributed by atoms with van der Waals surface area (Å²) < 4.78 is 23.0. The third kappa shape index (κ3) is 2.47. The van der Waals surface area contributed by atoms with Gasteiger partial charge < -0.3 is 5.73 Å². The van der Waals surface area contributed by atoms with E-state index in [1.807, 2.05) is 0 Å². The summed E-state index contributed by atoms with van der Waals surface area (Å²) in [5.74, 6) is 0. The Kier molecular flexibility index (Phi) is 3.28. The standard InChI is InChI=1S/C12H11ClN2O2S/c1-18(16,17)9-4-2-3-8(5-9)10-6-15-7-11(13)12(10)14/h2-7H,1H3,(H2,14,15). The summed E-state index contributed by atoms with van der Waals surface area (Å²) in [4.78, 5) is 4.19. The Morgan fingerprint density at radius 3 is 2.67 bits per heavy atom. The summed E-state index contributed by atoms with van der Waals surface area (Å²) in [6, 6.07) is 6.51. The SMILES string of the molecule is CS(=O)(=O)c1cccc(-c2cncc(Cl)c2N)c1. The molecule has 0 bridgehead atoms. The second kappa shape index (κ2) is 4.59. The van der Waals surface area contributed by atoms with E-state index in [4.69, 9.17) is 17.3 Å². The van der Waals surface area contributed by atoms with Crippen molar-refractivity contribution in [1.29, 1.82) is 0 Å². The normalized spacial score (nSPS) is 11.4. The molecule has 1 aromatic heterocycles. The van der Waals surface area contributed by atoms with Crippen molar-refractivity contribution >= 4 is 27.1 Å². The molecule has 2 rings (SSSR count). The van der Waals surface area contributed by atoms with Crippen LogP contribution in [0.2, 0.25) is 5.02 Å². The average Bonchev–Trinajstić information content (AvgIpc) is 2.32.